The van der Waals surface area contributed by atoms with Gasteiger partial charge in [-0.05, 0) is 49.1 Å². The summed E-state index contributed by atoms with van der Waals surface area (Å²) >= 11 is 1.67. The van der Waals surface area contributed by atoms with Gasteiger partial charge in [-0.3, -0.25) is 9.59 Å². The van der Waals surface area contributed by atoms with Crippen LogP contribution in [0.3, 0.4) is 0 Å². The molecule has 3 aromatic rings. The van der Waals surface area contributed by atoms with Crippen LogP contribution in [0.4, 0.5) is 0 Å². The van der Waals surface area contributed by atoms with Gasteiger partial charge in [0, 0.05) is 28.6 Å². The van der Waals surface area contributed by atoms with E-state index in [1.807, 2.05) is 49.8 Å². The first-order valence-electron chi connectivity index (χ1n) is 8.32. The Morgan fingerprint density at radius 3 is 2.81 bits per heavy atom. The predicted molar refractivity (Wildman–Crippen MR) is 107 cm³/mol. The van der Waals surface area contributed by atoms with E-state index < -0.39 is 0 Å². The van der Waals surface area contributed by atoms with E-state index in [-0.39, 0.29) is 17.5 Å². The molecule has 0 aliphatic rings. The summed E-state index contributed by atoms with van der Waals surface area (Å²) < 4.78 is 0. The van der Waals surface area contributed by atoms with E-state index in [0.29, 0.717) is 12.1 Å². The molecule has 0 radical (unpaired) electrons. The summed E-state index contributed by atoms with van der Waals surface area (Å²) in [4.78, 5) is 30.4. The third kappa shape index (κ3) is 4.28. The molecule has 5 nitrogen and oxygen atoms in total. The molecule has 1 amide bonds. The van der Waals surface area contributed by atoms with Gasteiger partial charge >= 0.3 is 0 Å². The second kappa shape index (κ2) is 8.12. The summed E-state index contributed by atoms with van der Waals surface area (Å²) in [5.74, 6) is -0.221. The fraction of sp³-hybridized carbons (Fsp3) is 0.200. The molecule has 0 fully saturated rings. The molecule has 1 atom stereocenters. The molecule has 2 aromatic heterocycles. The standard InChI is InChI=1S/C20H21N3O2S/c1-23(2)17(18-8-5-11-26-18)13-21-19(24)10-9-15-12-14-6-3-4-7-16(14)22-20(15)25/h3-12,17H,13H2,1-2H3,(H,21,24)(H,22,25)/b10-9+. The molecule has 0 saturated carbocycles. The highest BCUT2D eigenvalue weighted by Crippen LogP contribution is 2.22. The highest BCUT2D eigenvalue weighted by molar-refractivity contribution is 7.10. The molecule has 1 aromatic carbocycles. The summed E-state index contributed by atoms with van der Waals surface area (Å²) in [6, 6.07) is 13.5. The zero-order valence-corrected chi connectivity index (χ0v) is 15.5. The van der Waals surface area contributed by atoms with Crippen LogP contribution in [-0.2, 0) is 4.79 Å². The van der Waals surface area contributed by atoms with Crippen molar-refractivity contribution in [1.82, 2.24) is 15.2 Å². The van der Waals surface area contributed by atoms with Crippen LogP contribution in [0, 0.1) is 0 Å². The first kappa shape index (κ1) is 18.1. The molecule has 26 heavy (non-hydrogen) atoms. The van der Waals surface area contributed by atoms with E-state index in [4.69, 9.17) is 0 Å². The van der Waals surface area contributed by atoms with Gasteiger partial charge in [0.15, 0.2) is 0 Å². The maximum atomic E-state index is 12.2. The third-order valence-electron chi connectivity index (χ3n) is 4.16. The van der Waals surface area contributed by atoms with Crippen molar-refractivity contribution in [2.24, 2.45) is 0 Å². The number of H-pyrrole nitrogens is 1. The van der Waals surface area contributed by atoms with Crippen molar-refractivity contribution < 1.29 is 4.79 Å². The number of para-hydroxylation sites is 1. The molecule has 0 spiro atoms. The largest absolute Gasteiger partial charge is 0.351 e. The van der Waals surface area contributed by atoms with Crippen LogP contribution in [-0.4, -0.2) is 36.4 Å². The number of aromatic amines is 1. The Hall–Kier alpha value is -2.70. The number of fused-ring (bicyclic) bond motifs is 1. The smallest absolute Gasteiger partial charge is 0.255 e. The first-order chi connectivity index (χ1) is 12.5. The number of aromatic nitrogens is 1. The fourth-order valence-corrected chi connectivity index (χ4v) is 3.65. The second-order valence-corrected chi connectivity index (χ2v) is 7.19. The first-order valence-corrected chi connectivity index (χ1v) is 9.20. The topological polar surface area (TPSA) is 65.2 Å². The second-order valence-electron chi connectivity index (χ2n) is 6.21. The number of carbonyl (C=O) groups excluding carboxylic acids is 1. The molecule has 134 valence electrons. The molecule has 1 unspecified atom stereocenters. The van der Waals surface area contributed by atoms with Gasteiger partial charge in [0.2, 0.25) is 5.91 Å². The summed E-state index contributed by atoms with van der Waals surface area (Å²) in [6.45, 7) is 0.505. The van der Waals surface area contributed by atoms with Crippen molar-refractivity contribution in [3.05, 3.63) is 74.7 Å². The summed E-state index contributed by atoms with van der Waals surface area (Å²) in [5, 5.41) is 5.86. The van der Waals surface area contributed by atoms with E-state index in [0.717, 1.165) is 10.9 Å². The molecule has 2 N–H and O–H groups in total. The van der Waals surface area contributed by atoms with Gasteiger partial charge in [-0.25, -0.2) is 0 Å². The lowest BCUT2D eigenvalue weighted by atomic mass is 10.1. The number of likely N-dealkylation sites (N-methyl/N-ethyl adjacent to an activating group) is 1. The van der Waals surface area contributed by atoms with Gasteiger partial charge in [-0.1, -0.05) is 24.3 Å². The number of nitrogens with one attached hydrogen (secondary N) is 2. The monoisotopic (exact) mass is 367 g/mol. The van der Waals surface area contributed by atoms with Crippen LogP contribution >= 0.6 is 11.3 Å². The summed E-state index contributed by atoms with van der Waals surface area (Å²) in [7, 11) is 3.97. The molecule has 6 heteroatoms. The van der Waals surface area contributed by atoms with Crippen LogP contribution in [0.15, 0.2) is 58.7 Å². The van der Waals surface area contributed by atoms with Gasteiger partial charge < -0.3 is 15.2 Å². The average molecular weight is 367 g/mol. The zero-order valence-electron chi connectivity index (χ0n) is 14.7. The SMILES string of the molecule is CN(C)C(CNC(=O)/C=C/c1cc2ccccc2[nH]c1=O)c1cccs1. The Balaban J connectivity index is 1.68. The number of rotatable bonds is 6. The van der Waals surface area contributed by atoms with Crippen molar-refractivity contribution in [1.29, 1.82) is 0 Å². The minimum atomic E-state index is -0.221. The number of thiophene rings is 1. The van der Waals surface area contributed by atoms with Crippen molar-refractivity contribution in [3.63, 3.8) is 0 Å². The van der Waals surface area contributed by atoms with Gasteiger partial charge in [-0.2, -0.15) is 0 Å². The number of nitrogens with zero attached hydrogens (tertiary/aromatic N) is 1. The van der Waals surface area contributed by atoms with E-state index >= 15 is 0 Å². The quantitative estimate of drug-likeness (QED) is 0.658. The predicted octanol–water partition coefficient (Wildman–Crippen LogP) is 3.02. The maximum Gasteiger partial charge on any atom is 0.255 e. The van der Waals surface area contributed by atoms with Crippen molar-refractivity contribution in [3.8, 4) is 0 Å². The van der Waals surface area contributed by atoms with Crippen LogP contribution in [0.2, 0.25) is 0 Å². The van der Waals surface area contributed by atoms with E-state index in [2.05, 4.69) is 21.3 Å². The normalized spacial score (nSPS) is 12.7. The van der Waals surface area contributed by atoms with Crippen LogP contribution in [0.5, 0.6) is 0 Å². The van der Waals surface area contributed by atoms with Crippen LogP contribution < -0.4 is 10.9 Å². The minimum absolute atomic E-state index is 0.122. The number of amides is 1. The van der Waals surface area contributed by atoms with Gasteiger partial charge in [0.05, 0.1) is 6.04 Å². The lowest BCUT2D eigenvalue weighted by molar-refractivity contribution is -0.116. The van der Waals surface area contributed by atoms with Crippen LogP contribution in [0.1, 0.15) is 16.5 Å². The molecular weight excluding hydrogens is 346 g/mol. The average Bonchev–Trinajstić information content (AvgIpc) is 3.14. The summed E-state index contributed by atoms with van der Waals surface area (Å²) in [6.07, 6.45) is 2.96. The highest BCUT2D eigenvalue weighted by atomic mass is 32.1. The van der Waals surface area contributed by atoms with Gasteiger partial charge in [0.1, 0.15) is 0 Å². The molecule has 0 bridgehead atoms. The number of benzene rings is 1. The number of pyridine rings is 1. The lowest BCUT2D eigenvalue weighted by Gasteiger charge is -2.23. The lowest BCUT2D eigenvalue weighted by Crippen LogP contribution is -2.33. The molecule has 3 rings (SSSR count). The van der Waals surface area contributed by atoms with E-state index in [1.165, 1.54) is 11.0 Å². The Kier molecular flexibility index (Phi) is 5.65. The molecule has 0 aliphatic carbocycles. The van der Waals surface area contributed by atoms with Gasteiger partial charge in [0.25, 0.3) is 5.56 Å². The van der Waals surface area contributed by atoms with Gasteiger partial charge in [-0.15, -0.1) is 11.3 Å². The van der Waals surface area contributed by atoms with E-state index in [1.54, 1.807) is 23.5 Å². The molecule has 2 heterocycles. The highest BCUT2D eigenvalue weighted by Gasteiger charge is 2.15. The molecule has 0 aliphatic heterocycles. The zero-order chi connectivity index (χ0) is 18.5. The van der Waals surface area contributed by atoms with E-state index in [9.17, 15) is 9.59 Å². The number of carbonyl (C=O) groups is 1. The Morgan fingerprint density at radius 2 is 2.08 bits per heavy atom. The van der Waals surface area contributed by atoms with Crippen LogP contribution in [0.25, 0.3) is 17.0 Å². The fourth-order valence-electron chi connectivity index (χ4n) is 2.73. The molecular formula is C20H21N3O2S. The minimum Gasteiger partial charge on any atom is -0.351 e. The molecule has 0 saturated heterocycles. The Morgan fingerprint density at radius 1 is 1.27 bits per heavy atom. The number of hydrogen-bond acceptors (Lipinski definition) is 4. The van der Waals surface area contributed by atoms with Crippen molar-refractivity contribution in [2.45, 2.75) is 6.04 Å². The maximum absolute atomic E-state index is 12.2. The van der Waals surface area contributed by atoms with Crippen molar-refractivity contribution in [2.75, 3.05) is 20.6 Å². The summed E-state index contributed by atoms with van der Waals surface area (Å²) in [5.41, 5.74) is 1.03. The van der Waals surface area contributed by atoms with Crippen molar-refractivity contribution >= 4 is 34.2 Å². The Bertz CT molecular complexity index is 974. The Labute approximate surface area is 156 Å². The third-order valence-corrected chi connectivity index (χ3v) is 5.13. The number of hydrogen-bond donors (Lipinski definition) is 2.